The molecule has 0 aromatic carbocycles. The Kier molecular flexibility index (Phi) is 4.44. The predicted octanol–water partition coefficient (Wildman–Crippen LogP) is 2.42. The lowest BCUT2D eigenvalue weighted by Crippen LogP contribution is -2.51. The molecule has 5 heteroatoms. The van der Waals surface area contributed by atoms with Crippen LogP contribution in [-0.4, -0.2) is 54.8 Å². The van der Waals surface area contributed by atoms with Crippen molar-refractivity contribution in [1.29, 1.82) is 0 Å². The van der Waals surface area contributed by atoms with E-state index in [1.165, 1.54) is 12.8 Å². The fourth-order valence-electron chi connectivity index (χ4n) is 3.23. The molecule has 0 saturated carbocycles. The maximum absolute atomic E-state index is 6.23. The van der Waals surface area contributed by atoms with Crippen molar-refractivity contribution < 1.29 is 4.74 Å². The lowest BCUT2D eigenvalue weighted by atomic mass is 10.0. The van der Waals surface area contributed by atoms with Crippen LogP contribution in [0.25, 0.3) is 0 Å². The number of hydrogen-bond acceptors (Lipinski definition) is 4. The highest BCUT2D eigenvalue weighted by Gasteiger charge is 2.28. The number of morpholine rings is 1. The van der Waals surface area contributed by atoms with Gasteiger partial charge in [-0.2, -0.15) is 0 Å². The van der Waals surface area contributed by atoms with Gasteiger partial charge in [0.1, 0.15) is 5.82 Å². The molecule has 1 aromatic rings. The monoisotopic (exact) mass is 295 g/mol. The third-order valence-electron chi connectivity index (χ3n) is 4.29. The first-order chi connectivity index (χ1) is 9.74. The van der Waals surface area contributed by atoms with Crippen LogP contribution in [0.4, 0.5) is 5.82 Å². The molecule has 0 aliphatic carbocycles. The van der Waals surface area contributed by atoms with E-state index < -0.39 is 0 Å². The number of hydrogen-bond donors (Lipinski definition) is 0. The van der Waals surface area contributed by atoms with Crippen LogP contribution < -0.4 is 4.90 Å². The van der Waals surface area contributed by atoms with Crippen LogP contribution in [-0.2, 0) is 4.74 Å². The van der Waals surface area contributed by atoms with E-state index in [4.69, 9.17) is 16.3 Å². The van der Waals surface area contributed by atoms with Crippen molar-refractivity contribution in [2.75, 3.05) is 37.7 Å². The topological polar surface area (TPSA) is 28.6 Å². The van der Waals surface area contributed by atoms with Crippen LogP contribution >= 0.6 is 11.6 Å². The first kappa shape index (κ1) is 14.1. The van der Waals surface area contributed by atoms with Crippen LogP contribution in [0.2, 0.25) is 5.02 Å². The third-order valence-corrected chi connectivity index (χ3v) is 4.59. The molecule has 4 nitrogen and oxygen atoms in total. The Morgan fingerprint density at radius 1 is 1.30 bits per heavy atom. The summed E-state index contributed by atoms with van der Waals surface area (Å²) >= 11 is 6.23. The van der Waals surface area contributed by atoms with Crippen molar-refractivity contribution >= 4 is 17.4 Å². The molecule has 20 heavy (non-hydrogen) atoms. The minimum Gasteiger partial charge on any atom is -0.376 e. The summed E-state index contributed by atoms with van der Waals surface area (Å²) < 4.78 is 5.63. The second-order valence-electron chi connectivity index (χ2n) is 5.70. The van der Waals surface area contributed by atoms with Gasteiger partial charge in [-0.15, -0.1) is 0 Å². The third kappa shape index (κ3) is 3.08. The summed E-state index contributed by atoms with van der Waals surface area (Å²) in [5, 5.41) is 0.756. The first-order valence-corrected chi connectivity index (χ1v) is 7.83. The number of piperidine rings is 1. The van der Waals surface area contributed by atoms with Crippen LogP contribution in [0.3, 0.4) is 0 Å². The Bertz CT molecular complexity index is 448. The number of anilines is 1. The number of aromatic nitrogens is 1. The van der Waals surface area contributed by atoms with E-state index in [-0.39, 0.29) is 0 Å². The van der Waals surface area contributed by atoms with Crippen LogP contribution in [0.5, 0.6) is 0 Å². The Morgan fingerprint density at radius 2 is 2.10 bits per heavy atom. The van der Waals surface area contributed by atoms with Gasteiger partial charge >= 0.3 is 0 Å². The molecule has 2 aliphatic rings. The molecule has 0 spiro atoms. The van der Waals surface area contributed by atoms with Crippen molar-refractivity contribution in [3.8, 4) is 0 Å². The summed E-state index contributed by atoms with van der Waals surface area (Å²) in [7, 11) is 0. The Hall–Kier alpha value is -0.840. The van der Waals surface area contributed by atoms with Crippen molar-refractivity contribution in [1.82, 2.24) is 9.88 Å². The molecule has 2 aliphatic heterocycles. The molecule has 0 bridgehead atoms. The fourth-order valence-corrected chi connectivity index (χ4v) is 3.47. The molecule has 0 radical (unpaired) electrons. The summed E-state index contributed by atoms with van der Waals surface area (Å²) in [5.41, 5.74) is 0. The summed E-state index contributed by atoms with van der Waals surface area (Å²) in [6, 6.07) is 4.48. The summed E-state index contributed by atoms with van der Waals surface area (Å²) in [6.45, 7) is 7.23. The standard InChI is InChI=1S/C15H22ClN3O/c1-12-11-19(9-10-20-12)13-4-7-18(8-5-13)15-14(16)3-2-6-17-15/h2-3,6,12-13H,4-5,7-11H2,1H3/t12-/m1/s1. The summed E-state index contributed by atoms with van der Waals surface area (Å²) in [4.78, 5) is 9.31. The maximum Gasteiger partial charge on any atom is 0.147 e. The average Bonchev–Trinajstić information content (AvgIpc) is 2.48. The molecule has 0 unspecified atom stereocenters. The minimum atomic E-state index is 0.368. The maximum atomic E-state index is 6.23. The van der Waals surface area contributed by atoms with Crippen molar-refractivity contribution in [2.45, 2.75) is 31.9 Å². The molecular formula is C15H22ClN3O. The van der Waals surface area contributed by atoms with Crippen molar-refractivity contribution in [3.63, 3.8) is 0 Å². The zero-order chi connectivity index (χ0) is 13.9. The lowest BCUT2D eigenvalue weighted by molar-refractivity contribution is -0.0373. The molecular weight excluding hydrogens is 274 g/mol. The number of pyridine rings is 1. The second kappa shape index (κ2) is 6.29. The van der Waals surface area contributed by atoms with E-state index in [1.54, 1.807) is 0 Å². The van der Waals surface area contributed by atoms with E-state index in [9.17, 15) is 0 Å². The van der Waals surface area contributed by atoms with Crippen LogP contribution in [0.15, 0.2) is 18.3 Å². The van der Waals surface area contributed by atoms with Gasteiger partial charge in [-0.25, -0.2) is 4.98 Å². The SMILES string of the molecule is C[C@@H]1CN(C2CCN(c3ncccc3Cl)CC2)CCO1. The zero-order valence-electron chi connectivity index (χ0n) is 12.0. The van der Waals surface area contributed by atoms with Crippen molar-refractivity contribution in [3.05, 3.63) is 23.4 Å². The molecule has 2 saturated heterocycles. The largest absolute Gasteiger partial charge is 0.376 e. The van der Waals surface area contributed by atoms with E-state index >= 15 is 0 Å². The molecule has 110 valence electrons. The zero-order valence-corrected chi connectivity index (χ0v) is 12.7. The van der Waals surface area contributed by atoms with E-state index in [0.717, 1.165) is 43.6 Å². The Labute approximate surface area is 125 Å². The highest BCUT2D eigenvalue weighted by molar-refractivity contribution is 6.32. The van der Waals surface area contributed by atoms with Gasteiger partial charge in [-0.3, -0.25) is 4.90 Å². The minimum absolute atomic E-state index is 0.368. The van der Waals surface area contributed by atoms with Gasteiger partial charge in [0, 0.05) is 38.4 Å². The van der Waals surface area contributed by atoms with Gasteiger partial charge in [0.2, 0.25) is 0 Å². The van der Waals surface area contributed by atoms with Crippen molar-refractivity contribution in [2.24, 2.45) is 0 Å². The van der Waals surface area contributed by atoms with Gasteiger partial charge in [-0.1, -0.05) is 11.6 Å². The Balaban J connectivity index is 1.58. The van der Waals surface area contributed by atoms with E-state index in [0.29, 0.717) is 12.1 Å². The number of nitrogens with zero attached hydrogens (tertiary/aromatic N) is 3. The van der Waals surface area contributed by atoms with Gasteiger partial charge in [0.25, 0.3) is 0 Å². The second-order valence-corrected chi connectivity index (χ2v) is 6.11. The highest BCUT2D eigenvalue weighted by Crippen LogP contribution is 2.27. The Morgan fingerprint density at radius 3 is 2.80 bits per heavy atom. The summed E-state index contributed by atoms with van der Waals surface area (Å²) in [5.74, 6) is 0.933. The fraction of sp³-hybridized carbons (Fsp3) is 0.667. The lowest BCUT2D eigenvalue weighted by Gasteiger charge is -2.42. The van der Waals surface area contributed by atoms with Crippen LogP contribution in [0.1, 0.15) is 19.8 Å². The normalized spacial score (nSPS) is 25.9. The van der Waals surface area contributed by atoms with Gasteiger partial charge in [-0.05, 0) is 31.9 Å². The summed E-state index contributed by atoms with van der Waals surface area (Å²) in [6.07, 6.45) is 4.54. The number of rotatable bonds is 2. The van der Waals surface area contributed by atoms with Gasteiger partial charge < -0.3 is 9.64 Å². The molecule has 1 aromatic heterocycles. The number of ether oxygens (including phenoxy) is 1. The quantitative estimate of drug-likeness (QED) is 0.838. The molecule has 3 heterocycles. The van der Waals surface area contributed by atoms with Gasteiger partial charge in [0.05, 0.1) is 17.7 Å². The van der Waals surface area contributed by atoms with E-state index in [2.05, 4.69) is 21.7 Å². The highest BCUT2D eigenvalue weighted by atomic mass is 35.5. The van der Waals surface area contributed by atoms with Crippen LogP contribution in [0, 0.1) is 0 Å². The molecule has 1 atom stereocenters. The van der Waals surface area contributed by atoms with E-state index in [1.807, 2.05) is 18.3 Å². The smallest absolute Gasteiger partial charge is 0.147 e. The molecule has 3 rings (SSSR count). The molecule has 0 N–H and O–H groups in total. The molecule has 0 amide bonds. The first-order valence-electron chi connectivity index (χ1n) is 7.45. The average molecular weight is 296 g/mol. The molecule has 2 fully saturated rings. The number of halogens is 1. The predicted molar refractivity (Wildman–Crippen MR) is 81.5 cm³/mol. The van der Waals surface area contributed by atoms with Gasteiger partial charge in [0.15, 0.2) is 0 Å².